The van der Waals surface area contributed by atoms with Gasteiger partial charge in [-0.2, -0.15) is 14.9 Å². The number of benzene rings is 1. The van der Waals surface area contributed by atoms with E-state index in [-0.39, 0.29) is 0 Å². The first-order valence-electron chi connectivity index (χ1n) is 6.60. The van der Waals surface area contributed by atoms with Crippen molar-refractivity contribution >= 4 is 16.3 Å². The van der Waals surface area contributed by atoms with Crippen LogP contribution in [0.15, 0.2) is 18.2 Å². The number of fused-ring (bicyclic) bond motifs is 1. The van der Waals surface area contributed by atoms with Gasteiger partial charge in [-0.05, 0) is 30.7 Å². The summed E-state index contributed by atoms with van der Waals surface area (Å²) in [5.41, 5.74) is 2.93. The molecular formula is C15H14N4O2S. The summed E-state index contributed by atoms with van der Waals surface area (Å²) >= 11 is 1.42. The van der Waals surface area contributed by atoms with Gasteiger partial charge in [-0.1, -0.05) is 11.3 Å². The second kappa shape index (κ2) is 5.75. The lowest BCUT2D eigenvalue weighted by molar-refractivity contribution is 0.183. The fourth-order valence-corrected chi connectivity index (χ4v) is 3.16. The van der Waals surface area contributed by atoms with Gasteiger partial charge in [0.2, 0.25) is 4.96 Å². The topological polar surface area (TPSA) is 72.4 Å². The molecule has 7 heteroatoms. The molecule has 112 valence electrons. The van der Waals surface area contributed by atoms with E-state index in [0.29, 0.717) is 23.0 Å². The molecule has 6 nitrogen and oxygen atoms in total. The number of nitriles is 1. The third-order valence-corrected chi connectivity index (χ3v) is 4.17. The van der Waals surface area contributed by atoms with Gasteiger partial charge < -0.3 is 9.47 Å². The Bertz CT molecular complexity index is 876. The summed E-state index contributed by atoms with van der Waals surface area (Å²) in [7, 11) is 3.25. The quantitative estimate of drug-likeness (QED) is 0.740. The molecule has 2 heterocycles. The number of nitrogens with zero attached hydrogens (tertiary/aromatic N) is 4. The van der Waals surface area contributed by atoms with Crippen LogP contribution in [-0.2, 0) is 11.3 Å². The van der Waals surface area contributed by atoms with E-state index in [1.807, 2.05) is 25.1 Å². The molecule has 0 spiro atoms. The Hall–Kier alpha value is -2.43. The van der Waals surface area contributed by atoms with Crippen molar-refractivity contribution in [2.45, 2.75) is 13.5 Å². The summed E-state index contributed by atoms with van der Waals surface area (Å²) in [6.45, 7) is 2.37. The highest BCUT2D eigenvalue weighted by Gasteiger charge is 2.18. The van der Waals surface area contributed by atoms with Crippen LogP contribution < -0.4 is 4.74 Å². The first-order chi connectivity index (χ1) is 10.7. The maximum Gasteiger partial charge on any atom is 0.214 e. The fraction of sp³-hybridized carbons (Fsp3) is 0.267. The standard InChI is InChI=1S/C15H14N4O2S/c1-9-6-10(4-5-12(9)21-3)14-11(7-16)19-15(17-14)22-13(18-19)8-20-2/h4-6H,8H2,1-3H3. The number of hydrogen-bond donors (Lipinski definition) is 0. The summed E-state index contributed by atoms with van der Waals surface area (Å²) in [5.74, 6) is 0.809. The average molecular weight is 314 g/mol. The molecule has 2 aromatic heterocycles. The lowest BCUT2D eigenvalue weighted by Crippen LogP contribution is -1.94. The van der Waals surface area contributed by atoms with Crippen LogP contribution in [-0.4, -0.2) is 28.8 Å². The molecule has 22 heavy (non-hydrogen) atoms. The zero-order valence-corrected chi connectivity index (χ0v) is 13.3. The Morgan fingerprint density at radius 2 is 2.18 bits per heavy atom. The van der Waals surface area contributed by atoms with Crippen LogP contribution in [0.4, 0.5) is 0 Å². The molecule has 1 aromatic carbocycles. The molecule has 0 unspecified atom stereocenters. The Kier molecular flexibility index (Phi) is 3.79. The Balaban J connectivity index is 2.13. The van der Waals surface area contributed by atoms with E-state index in [0.717, 1.165) is 21.9 Å². The maximum absolute atomic E-state index is 9.47. The summed E-state index contributed by atoms with van der Waals surface area (Å²) < 4.78 is 11.9. The summed E-state index contributed by atoms with van der Waals surface area (Å²) in [4.78, 5) is 5.24. The lowest BCUT2D eigenvalue weighted by Gasteiger charge is -2.06. The van der Waals surface area contributed by atoms with Crippen molar-refractivity contribution in [1.82, 2.24) is 14.6 Å². The minimum atomic E-state index is 0.413. The first kappa shape index (κ1) is 14.5. The summed E-state index contributed by atoms with van der Waals surface area (Å²) in [6.07, 6.45) is 0. The highest BCUT2D eigenvalue weighted by molar-refractivity contribution is 7.16. The molecule has 0 amide bonds. The van der Waals surface area contributed by atoms with Crippen LogP contribution in [0.25, 0.3) is 16.2 Å². The number of ether oxygens (including phenoxy) is 2. The highest BCUT2D eigenvalue weighted by atomic mass is 32.1. The molecule has 0 radical (unpaired) electrons. The molecule has 0 aliphatic carbocycles. The number of imidazole rings is 1. The molecule has 0 saturated heterocycles. The molecule has 0 atom stereocenters. The van der Waals surface area contributed by atoms with E-state index in [9.17, 15) is 5.26 Å². The smallest absolute Gasteiger partial charge is 0.214 e. The van der Waals surface area contributed by atoms with E-state index in [1.165, 1.54) is 11.3 Å². The Morgan fingerprint density at radius 3 is 2.82 bits per heavy atom. The van der Waals surface area contributed by atoms with Gasteiger partial charge in [-0.15, -0.1) is 0 Å². The van der Waals surface area contributed by atoms with Crippen molar-refractivity contribution in [2.24, 2.45) is 0 Å². The molecule has 0 aliphatic heterocycles. The highest BCUT2D eigenvalue weighted by Crippen LogP contribution is 2.30. The van der Waals surface area contributed by atoms with Crippen molar-refractivity contribution in [3.8, 4) is 23.1 Å². The molecule has 0 aliphatic rings. The molecule has 0 fully saturated rings. The van der Waals surface area contributed by atoms with Crippen molar-refractivity contribution in [3.05, 3.63) is 34.5 Å². The van der Waals surface area contributed by atoms with E-state index in [1.54, 1.807) is 18.7 Å². The monoisotopic (exact) mass is 314 g/mol. The largest absolute Gasteiger partial charge is 0.496 e. The number of methoxy groups -OCH3 is 2. The Morgan fingerprint density at radius 1 is 1.36 bits per heavy atom. The van der Waals surface area contributed by atoms with E-state index in [2.05, 4.69) is 16.2 Å². The third-order valence-electron chi connectivity index (χ3n) is 3.29. The van der Waals surface area contributed by atoms with E-state index >= 15 is 0 Å². The van der Waals surface area contributed by atoms with Crippen LogP contribution in [0.3, 0.4) is 0 Å². The van der Waals surface area contributed by atoms with Gasteiger partial charge >= 0.3 is 0 Å². The number of hydrogen-bond acceptors (Lipinski definition) is 6. The number of aromatic nitrogens is 3. The van der Waals surface area contributed by atoms with Crippen molar-refractivity contribution in [3.63, 3.8) is 0 Å². The van der Waals surface area contributed by atoms with Crippen LogP contribution in [0.2, 0.25) is 0 Å². The van der Waals surface area contributed by atoms with Crippen LogP contribution in [0, 0.1) is 18.3 Å². The maximum atomic E-state index is 9.47. The minimum absolute atomic E-state index is 0.413. The fourth-order valence-electron chi connectivity index (χ4n) is 2.30. The van der Waals surface area contributed by atoms with Gasteiger partial charge in [0.05, 0.1) is 13.7 Å². The zero-order chi connectivity index (χ0) is 15.7. The zero-order valence-electron chi connectivity index (χ0n) is 12.5. The SMILES string of the molecule is COCc1nn2c(C#N)c(-c3ccc(OC)c(C)c3)nc2s1. The van der Waals surface area contributed by atoms with Gasteiger partial charge in [0.1, 0.15) is 22.5 Å². The second-order valence-corrected chi connectivity index (χ2v) is 5.77. The Labute approximate surface area is 131 Å². The van der Waals surface area contributed by atoms with Crippen molar-refractivity contribution < 1.29 is 9.47 Å². The van der Waals surface area contributed by atoms with Gasteiger partial charge in [0.25, 0.3) is 0 Å². The summed E-state index contributed by atoms with van der Waals surface area (Å²) in [5, 5.41) is 14.6. The molecule has 0 N–H and O–H groups in total. The predicted molar refractivity (Wildman–Crippen MR) is 83.0 cm³/mol. The van der Waals surface area contributed by atoms with Gasteiger partial charge in [0, 0.05) is 12.7 Å². The molecule has 3 aromatic rings. The summed E-state index contributed by atoms with van der Waals surface area (Å²) in [6, 6.07) is 7.93. The molecule has 3 rings (SSSR count). The predicted octanol–water partition coefficient (Wildman–Crippen LogP) is 2.79. The van der Waals surface area contributed by atoms with Crippen LogP contribution in [0.5, 0.6) is 5.75 Å². The molecule has 0 saturated carbocycles. The normalized spacial score (nSPS) is 10.8. The third kappa shape index (κ3) is 2.32. The van der Waals surface area contributed by atoms with Crippen LogP contribution >= 0.6 is 11.3 Å². The first-order valence-corrected chi connectivity index (χ1v) is 7.42. The van der Waals surface area contributed by atoms with Crippen molar-refractivity contribution in [1.29, 1.82) is 5.26 Å². The van der Waals surface area contributed by atoms with Gasteiger partial charge in [0.15, 0.2) is 5.69 Å². The van der Waals surface area contributed by atoms with E-state index in [4.69, 9.17) is 9.47 Å². The average Bonchev–Trinajstić information content (AvgIpc) is 3.04. The van der Waals surface area contributed by atoms with Gasteiger partial charge in [-0.25, -0.2) is 4.98 Å². The van der Waals surface area contributed by atoms with Crippen molar-refractivity contribution in [2.75, 3.05) is 14.2 Å². The molecular weight excluding hydrogens is 300 g/mol. The lowest BCUT2D eigenvalue weighted by atomic mass is 10.1. The van der Waals surface area contributed by atoms with Crippen LogP contribution in [0.1, 0.15) is 16.3 Å². The second-order valence-electron chi connectivity index (χ2n) is 4.73. The minimum Gasteiger partial charge on any atom is -0.496 e. The number of rotatable bonds is 4. The molecule has 0 bridgehead atoms. The van der Waals surface area contributed by atoms with E-state index < -0.39 is 0 Å². The van der Waals surface area contributed by atoms with Gasteiger partial charge in [-0.3, -0.25) is 0 Å². The number of aryl methyl sites for hydroxylation is 1.